The highest BCUT2D eigenvalue weighted by molar-refractivity contribution is 6.00. The van der Waals surface area contributed by atoms with Crippen LogP contribution in [0.4, 0.5) is 20.6 Å². The normalized spacial score (nSPS) is 15.7. The third-order valence-electron chi connectivity index (χ3n) is 5.04. The number of rotatable bonds is 6. The maximum atomic E-state index is 13.0. The smallest absolute Gasteiger partial charge is 0.323 e. The average molecular weight is 409 g/mol. The molecule has 1 atom stereocenters. The van der Waals surface area contributed by atoms with Crippen LogP contribution in [0.15, 0.2) is 54.7 Å². The van der Waals surface area contributed by atoms with Gasteiger partial charge in [-0.25, -0.2) is 9.18 Å². The van der Waals surface area contributed by atoms with Crippen molar-refractivity contribution >= 4 is 17.4 Å². The van der Waals surface area contributed by atoms with E-state index in [1.165, 1.54) is 24.3 Å². The largest absolute Gasteiger partial charge is 0.491 e. The number of amides is 2. The number of ether oxygens (including phenoxy) is 1. The predicted molar refractivity (Wildman–Crippen MR) is 114 cm³/mol. The molecule has 156 valence electrons. The molecule has 4 rings (SSSR count). The van der Waals surface area contributed by atoms with E-state index in [-0.39, 0.29) is 5.82 Å². The molecule has 0 unspecified atom stereocenters. The Balaban J connectivity index is 1.51. The molecule has 0 bridgehead atoms. The lowest BCUT2D eigenvalue weighted by Crippen LogP contribution is -2.28. The summed E-state index contributed by atoms with van der Waals surface area (Å²) in [6.45, 7) is 1.61. The Morgan fingerprint density at radius 3 is 2.67 bits per heavy atom. The summed E-state index contributed by atoms with van der Waals surface area (Å²) in [5.41, 5.74) is 2.83. The van der Waals surface area contributed by atoms with Gasteiger partial charge in [0.1, 0.15) is 18.2 Å². The number of carbonyl (C=O) groups is 1. The molecule has 1 saturated heterocycles. The third-order valence-corrected chi connectivity index (χ3v) is 5.04. The van der Waals surface area contributed by atoms with Gasteiger partial charge in [-0.2, -0.15) is 5.10 Å². The first-order valence-corrected chi connectivity index (χ1v) is 9.91. The molecule has 2 amide bonds. The minimum atomic E-state index is -0.415. The topological polar surface area (TPSA) is 80.2 Å². The Bertz CT molecular complexity index is 1010. The molecule has 8 heteroatoms. The average Bonchev–Trinajstić information content (AvgIpc) is 3.40. The number of urea groups is 1. The first-order chi connectivity index (χ1) is 14.6. The van der Waals surface area contributed by atoms with Crippen LogP contribution in [-0.4, -0.2) is 35.0 Å². The standard InChI is InChI=1S/C22H24FN5O2/c1-28-20(10-12-25-28)19-13-17(8-9-21(19)30-14-18-3-2-11-24-18)27-22(29)26-16-6-4-15(23)5-7-16/h4-10,12-13,18,24H,2-3,11,14H2,1H3,(H2,26,27,29)/t18-/m0/s1. The van der Waals surface area contributed by atoms with Crippen molar-refractivity contribution in [3.8, 4) is 17.0 Å². The van der Waals surface area contributed by atoms with E-state index in [0.29, 0.717) is 24.0 Å². The molecule has 2 heterocycles. The summed E-state index contributed by atoms with van der Waals surface area (Å²) < 4.78 is 20.9. The van der Waals surface area contributed by atoms with Crippen LogP contribution in [0, 0.1) is 5.82 Å². The summed E-state index contributed by atoms with van der Waals surface area (Å²) >= 11 is 0. The summed E-state index contributed by atoms with van der Waals surface area (Å²) in [4.78, 5) is 12.3. The lowest BCUT2D eigenvalue weighted by molar-refractivity contribution is 0.262. The number of benzene rings is 2. The molecule has 1 aromatic heterocycles. The lowest BCUT2D eigenvalue weighted by atomic mass is 10.1. The molecule has 3 N–H and O–H groups in total. The second-order valence-electron chi connectivity index (χ2n) is 7.24. The molecule has 0 saturated carbocycles. The Hall–Kier alpha value is -3.39. The minimum Gasteiger partial charge on any atom is -0.491 e. The van der Waals surface area contributed by atoms with Gasteiger partial charge in [-0.3, -0.25) is 4.68 Å². The Morgan fingerprint density at radius 2 is 1.97 bits per heavy atom. The van der Waals surface area contributed by atoms with Gasteiger partial charge in [0.15, 0.2) is 0 Å². The van der Waals surface area contributed by atoms with Gasteiger partial charge in [-0.15, -0.1) is 0 Å². The van der Waals surface area contributed by atoms with Gasteiger partial charge in [0.05, 0.1) is 5.69 Å². The number of carbonyl (C=O) groups excluding carboxylic acids is 1. The van der Waals surface area contributed by atoms with Crippen molar-refractivity contribution in [2.45, 2.75) is 18.9 Å². The summed E-state index contributed by atoms with van der Waals surface area (Å²) in [5.74, 6) is 0.377. The summed E-state index contributed by atoms with van der Waals surface area (Å²) in [7, 11) is 1.86. The van der Waals surface area contributed by atoms with E-state index in [1.807, 2.05) is 25.2 Å². The summed E-state index contributed by atoms with van der Waals surface area (Å²) in [6, 6.07) is 12.9. The van der Waals surface area contributed by atoms with Gasteiger partial charge in [-0.1, -0.05) is 0 Å². The van der Waals surface area contributed by atoms with Crippen molar-refractivity contribution in [3.05, 3.63) is 60.5 Å². The molecule has 0 spiro atoms. The fraction of sp³-hybridized carbons (Fsp3) is 0.273. The van der Waals surface area contributed by atoms with E-state index in [2.05, 4.69) is 21.0 Å². The number of nitrogens with zero attached hydrogens (tertiary/aromatic N) is 2. The first-order valence-electron chi connectivity index (χ1n) is 9.91. The fourth-order valence-electron chi connectivity index (χ4n) is 3.49. The van der Waals surface area contributed by atoms with Crippen LogP contribution in [0.2, 0.25) is 0 Å². The molecule has 1 aliphatic rings. The molecule has 1 aliphatic heterocycles. The van der Waals surface area contributed by atoms with Crippen molar-refractivity contribution in [2.75, 3.05) is 23.8 Å². The maximum absolute atomic E-state index is 13.0. The Morgan fingerprint density at radius 1 is 1.20 bits per heavy atom. The highest BCUT2D eigenvalue weighted by Crippen LogP contribution is 2.33. The zero-order valence-corrected chi connectivity index (χ0v) is 16.7. The van der Waals surface area contributed by atoms with Crippen LogP contribution >= 0.6 is 0 Å². The number of aromatic nitrogens is 2. The van der Waals surface area contributed by atoms with Crippen molar-refractivity contribution in [1.29, 1.82) is 0 Å². The van der Waals surface area contributed by atoms with Gasteiger partial charge < -0.3 is 20.7 Å². The first kappa shape index (κ1) is 19.9. The van der Waals surface area contributed by atoms with Crippen LogP contribution < -0.4 is 20.7 Å². The van der Waals surface area contributed by atoms with E-state index in [1.54, 1.807) is 16.9 Å². The number of halogens is 1. The number of hydrogen-bond donors (Lipinski definition) is 3. The number of hydrogen-bond acceptors (Lipinski definition) is 4. The van der Waals surface area contributed by atoms with Gasteiger partial charge in [-0.05, 0) is 67.9 Å². The molecule has 7 nitrogen and oxygen atoms in total. The van der Waals surface area contributed by atoms with Gasteiger partial charge >= 0.3 is 6.03 Å². The van der Waals surface area contributed by atoms with E-state index >= 15 is 0 Å². The minimum absolute atomic E-state index is 0.351. The van der Waals surface area contributed by atoms with Crippen molar-refractivity contribution < 1.29 is 13.9 Å². The molecule has 30 heavy (non-hydrogen) atoms. The van der Waals surface area contributed by atoms with E-state index in [9.17, 15) is 9.18 Å². The van der Waals surface area contributed by atoms with E-state index in [4.69, 9.17) is 4.74 Å². The molecular weight excluding hydrogens is 385 g/mol. The monoisotopic (exact) mass is 409 g/mol. The lowest BCUT2D eigenvalue weighted by Gasteiger charge is -2.17. The second-order valence-corrected chi connectivity index (χ2v) is 7.24. The molecule has 3 aromatic rings. The number of aryl methyl sites for hydroxylation is 1. The highest BCUT2D eigenvalue weighted by Gasteiger charge is 2.17. The van der Waals surface area contributed by atoms with Crippen LogP contribution in [-0.2, 0) is 7.05 Å². The molecule has 2 aromatic carbocycles. The summed E-state index contributed by atoms with van der Waals surface area (Å²) in [5, 5.41) is 13.2. The van der Waals surface area contributed by atoms with Crippen molar-refractivity contribution in [1.82, 2.24) is 15.1 Å². The van der Waals surface area contributed by atoms with Gasteiger partial charge in [0, 0.05) is 36.2 Å². The highest BCUT2D eigenvalue weighted by atomic mass is 19.1. The number of nitrogens with one attached hydrogen (secondary N) is 3. The molecule has 1 fully saturated rings. The number of anilines is 2. The fourth-order valence-corrected chi connectivity index (χ4v) is 3.49. The van der Waals surface area contributed by atoms with Crippen LogP contribution in [0.3, 0.4) is 0 Å². The quantitative estimate of drug-likeness (QED) is 0.575. The zero-order valence-electron chi connectivity index (χ0n) is 16.7. The Labute approximate surface area is 174 Å². The van der Waals surface area contributed by atoms with Crippen LogP contribution in [0.5, 0.6) is 5.75 Å². The van der Waals surface area contributed by atoms with E-state index in [0.717, 1.165) is 36.4 Å². The second kappa shape index (κ2) is 8.96. The molecule has 0 radical (unpaired) electrons. The maximum Gasteiger partial charge on any atom is 0.323 e. The third kappa shape index (κ3) is 4.77. The van der Waals surface area contributed by atoms with Gasteiger partial charge in [0.2, 0.25) is 0 Å². The Kier molecular flexibility index (Phi) is 5.94. The zero-order chi connectivity index (χ0) is 20.9. The molecule has 0 aliphatic carbocycles. The van der Waals surface area contributed by atoms with Crippen molar-refractivity contribution in [3.63, 3.8) is 0 Å². The van der Waals surface area contributed by atoms with Crippen LogP contribution in [0.1, 0.15) is 12.8 Å². The van der Waals surface area contributed by atoms with Gasteiger partial charge in [0.25, 0.3) is 0 Å². The van der Waals surface area contributed by atoms with E-state index < -0.39 is 6.03 Å². The van der Waals surface area contributed by atoms with Crippen molar-refractivity contribution in [2.24, 2.45) is 7.05 Å². The molecular formula is C22H24FN5O2. The predicted octanol–water partition coefficient (Wildman–Crippen LogP) is 4.00. The SMILES string of the molecule is Cn1nccc1-c1cc(NC(=O)Nc2ccc(F)cc2)ccc1OC[C@@H]1CCCN1. The summed E-state index contributed by atoms with van der Waals surface area (Å²) in [6.07, 6.45) is 3.98. The van der Waals surface area contributed by atoms with Crippen LogP contribution in [0.25, 0.3) is 11.3 Å².